The number of amides is 1. The summed E-state index contributed by atoms with van der Waals surface area (Å²) in [6, 6.07) is 9.09. The smallest absolute Gasteiger partial charge is 0.326 e. The first kappa shape index (κ1) is 18.2. The van der Waals surface area contributed by atoms with Gasteiger partial charge in [0.1, 0.15) is 6.04 Å². The molecule has 22 heavy (non-hydrogen) atoms. The molecule has 0 heterocycles. The van der Waals surface area contributed by atoms with Crippen LogP contribution in [-0.2, 0) is 16.1 Å². The molecule has 1 aromatic rings. The molecule has 1 atom stereocenters. The molecule has 0 aliphatic rings. The van der Waals surface area contributed by atoms with Crippen molar-refractivity contribution in [2.45, 2.75) is 39.8 Å². The van der Waals surface area contributed by atoms with Gasteiger partial charge in [-0.2, -0.15) is 0 Å². The highest BCUT2D eigenvalue weighted by Crippen LogP contribution is 2.06. The summed E-state index contributed by atoms with van der Waals surface area (Å²) in [5.74, 6) is -1.01. The number of benzene rings is 1. The molecule has 2 N–H and O–H groups in total. The quantitative estimate of drug-likeness (QED) is 0.733. The van der Waals surface area contributed by atoms with Crippen molar-refractivity contribution in [3.63, 3.8) is 0 Å². The molecule has 0 aliphatic carbocycles. The van der Waals surface area contributed by atoms with Crippen LogP contribution in [0.2, 0.25) is 0 Å². The Bertz CT molecular complexity index is 474. The van der Waals surface area contributed by atoms with Gasteiger partial charge in [-0.25, -0.2) is 4.79 Å². The van der Waals surface area contributed by atoms with Crippen LogP contribution in [0.15, 0.2) is 30.3 Å². The van der Waals surface area contributed by atoms with Gasteiger partial charge < -0.3 is 10.4 Å². The molecular formula is C17H26N2O3. The third-order valence-electron chi connectivity index (χ3n) is 3.40. The van der Waals surface area contributed by atoms with Crippen molar-refractivity contribution in [2.24, 2.45) is 5.92 Å². The number of carboxylic acid groups (broad SMARTS) is 1. The lowest BCUT2D eigenvalue weighted by atomic mass is 10.0. The number of likely N-dealkylation sites (N-methyl/N-ethyl adjacent to an activating group) is 1. The SMILES string of the molecule is CCN(CC(=O)NC(CC(C)C)C(=O)O)Cc1ccccc1. The van der Waals surface area contributed by atoms with Gasteiger partial charge in [0, 0.05) is 6.54 Å². The lowest BCUT2D eigenvalue weighted by Gasteiger charge is -2.22. The summed E-state index contributed by atoms with van der Waals surface area (Å²) in [6.45, 7) is 7.47. The number of nitrogens with one attached hydrogen (secondary N) is 1. The molecule has 0 aromatic heterocycles. The van der Waals surface area contributed by atoms with Gasteiger partial charge in [0.25, 0.3) is 0 Å². The van der Waals surface area contributed by atoms with Gasteiger partial charge in [0.2, 0.25) is 5.91 Å². The maximum Gasteiger partial charge on any atom is 0.326 e. The van der Waals surface area contributed by atoms with E-state index >= 15 is 0 Å². The fraction of sp³-hybridized carbons (Fsp3) is 0.529. The van der Waals surface area contributed by atoms with Gasteiger partial charge in [-0.3, -0.25) is 9.69 Å². The molecule has 1 unspecified atom stereocenters. The number of hydrogen-bond acceptors (Lipinski definition) is 3. The third-order valence-corrected chi connectivity index (χ3v) is 3.40. The Labute approximate surface area is 132 Å². The number of carboxylic acids is 1. The first-order valence-electron chi connectivity index (χ1n) is 7.70. The topological polar surface area (TPSA) is 69.6 Å². The van der Waals surface area contributed by atoms with E-state index in [4.69, 9.17) is 5.11 Å². The van der Waals surface area contributed by atoms with Crippen LogP contribution in [0.1, 0.15) is 32.8 Å². The minimum absolute atomic E-state index is 0.202. The number of carbonyl (C=O) groups excluding carboxylic acids is 1. The summed E-state index contributed by atoms with van der Waals surface area (Å²) in [7, 11) is 0. The normalized spacial score (nSPS) is 12.4. The lowest BCUT2D eigenvalue weighted by molar-refractivity contribution is -0.142. The second-order valence-corrected chi connectivity index (χ2v) is 5.88. The highest BCUT2D eigenvalue weighted by atomic mass is 16.4. The van der Waals surface area contributed by atoms with Crippen LogP contribution in [0.4, 0.5) is 0 Å². The molecule has 0 saturated heterocycles. The predicted octanol–water partition coefficient (Wildman–Crippen LogP) is 2.12. The van der Waals surface area contributed by atoms with E-state index in [1.807, 2.05) is 56.0 Å². The highest BCUT2D eigenvalue weighted by Gasteiger charge is 2.21. The maximum absolute atomic E-state index is 12.1. The van der Waals surface area contributed by atoms with E-state index in [1.165, 1.54) is 0 Å². The van der Waals surface area contributed by atoms with Gasteiger partial charge in [-0.05, 0) is 24.4 Å². The number of nitrogens with zero attached hydrogens (tertiary/aromatic N) is 1. The zero-order chi connectivity index (χ0) is 16.5. The minimum Gasteiger partial charge on any atom is -0.480 e. The van der Waals surface area contributed by atoms with E-state index in [-0.39, 0.29) is 18.4 Å². The molecule has 122 valence electrons. The van der Waals surface area contributed by atoms with Crippen LogP contribution in [0.5, 0.6) is 0 Å². The standard InChI is InChI=1S/C17H26N2O3/c1-4-19(11-14-8-6-5-7-9-14)12-16(20)18-15(17(21)22)10-13(2)3/h5-9,13,15H,4,10-12H2,1-3H3,(H,18,20)(H,21,22). The Hall–Kier alpha value is -1.88. The van der Waals surface area contributed by atoms with E-state index in [9.17, 15) is 9.59 Å². The zero-order valence-corrected chi connectivity index (χ0v) is 13.6. The van der Waals surface area contributed by atoms with Crippen LogP contribution in [0.25, 0.3) is 0 Å². The number of carbonyl (C=O) groups is 2. The molecule has 0 spiro atoms. The molecule has 0 fully saturated rings. The van der Waals surface area contributed by atoms with Gasteiger partial charge in [0.05, 0.1) is 6.54 Å². The van der Waals surface area contributed by atoms with Crippen LogP contribution in [-0.4, -0.2) is 41.0 Å². The minimum atomic E-state index is -0.979. The number of rotatable bonds is 9. The maximum atomic E-state index is 12.1. The predicted molar refractivity (Wildman–Crippen MR) is 86.4 cm³/mol. The summed E-state index contributed by atoms with van der Waals surface area (Å²) in [6.07, 6.45) is 0.436. The monoisotopic (exact) mass is 306 g/mol. The first-order valence-corrected chi connectivity index (χ1v) is 7.70. The average Bonchev–Trinajstić information content (AvgIpc) is 2.46. The van der Waals surface area contributed by atoms with Crippen molar-refractivity contribution in [2.75, 3.05) is 13.1 Å². The molecule has 0 bridgehead atoms. The first-order chi connectivity index (χ1) is 10.4. The van der Waals surface area contributed by atoms with Gasteiger partial charge >= 0.3 is 5.97 Å². The van der Waals surface area contributed by atoms with E-state index in [0.29, 0.717) is 13.0 Å². The molecule has 0 radical (unpaired) electrons. The molecular weight excluding hydrogens is 280 g/mol. The third kappa shape index (κ3) is 6.72. The molecule has 5 nitrogen and oxygen atoms in total. The summed E-state index contributed by atoms with van der Waals surface area (Å²) in [4.78, 5) is 25.3. The molecule has 1 aromatic carbocycles. The van der Waals surface area contributed by atoms with Crippen molar-refractivity contribution in [1.29, 1.82) is 0 Å². The molecule has 1 amide bonds. The summed E-state index contributed by atoms with van der Waals surface area (Å²) < 4.78 is 0. The van der Waals surface area contributed by atoms with Gasteiger partial charge in [-0.15, -0.1) is 0 Å². The van der Waals surface area contributed by atoms with E-state index < -0.39 is 12.0 Å². The second-order valence-electron chi connectivity index (χ2n) is 5.88. The Kier molecular flexibility index (Phi) is 7.60. The summed E-state index contributed by atoms with van der Waals surface area (Å²) in [5.41, 5.74) is 1.13. The fourth-order valence-electron chi connectivity index (χ4n) is 2.26. The highest BCUT2D eigenvalue weighted by molar-refractivity contribution is 5.84. The van der Waals surface area contributed by atoms with Crippen molar-refractivity contribution in [1.82, 2.24) is 10.2 Å². The van der Waals surface area contributed by atoms with Crippen LogP contribution in [0.3, 0.4) is 0 Å². The van der Waals surface area contributed by atoms with Crippen LogP contribution in [0, 0.1) is 5.92 Å². The van der Waals surface area contributed by atoms with Crippen molar-refractivity contribution in [3.8, 4) is 0 Å². The second kappa shape index (κ2) is 9.20. The summed E-state index contributed by atoms with van der Waals surface area (Å²) in [5, 5.41) is 11.8. The Morgan fingerprint density at radius 3 is 2.36 bits per heavy atom. The van der Waals surface area contributed by atoms with Crippen molar-refractivity contribution >= 4 is 11.9 Å². The Morgan fingerprint density at radius 2 is 1.86 bits per heavy atom. The van der Waals surface area contributed by atoms with E-state index in [0.717, 1.165) is 12.1 Å². The molecule has 1 rings (SSSR count). The number of aliphatic carboxylic acids is 1. The van der Waals surface area contributed by atoms with Crippen molar-refractivity contribution < 1.29 is 14.7 Å². The summed E-state index contributed by atoms with van der Waals surface area (Å²) >= 11 is 0. The van der Waals surface area contributed by atoms with Crippen LogP contribution < -0.4 is 5.32 Å². The van der Waals surface area contributed by atoms with E-state index in [1.54, 1.807) is 0 Å². The van der Waals surface area contributed by atoms with Crippen molar-refractivity contribution in [3.05, 3.63) is 35.9 Å². The Balaban J connectivity index is 2.55. The average molecular weight is 306 g/mol. The van der Waals surface area contributed by atoms with Gasteiger partial charge in [-0.1, -0.05) is 51.1 Å². The lowest BCUT2D eigenvalue weighted by Crippen LogP contribution is -2.46. The molecule has 5 heteroatoms. The Morgan fingerprint density at radius 1 is 1.23 bits per heavy atom. The molecule has 0 saturated carbocycles. The van der Waals surface area contributed by atoms with Crippen LogP contribution >= 0.6 is 0 Å². The molecule has 0 aliphatic heterocycles. The van der Waals surface area contributed by atoms with Gasteiger partial charge in [0.15, 0.2) is 0 Å². The van der Waals surface area contributed by atoms with E-state index in [2.05, 4.69) is 5.32 Å². The number of hydrogen-bond donors (Lipinski definition) is 2. The zero-order valence-electron chi connectivity index (χ0n) is 13.6. The largest absolute Gasteiger partial charge is 0.480 e. The fourth-order valence-corrected chi connectivity index (χ4v) is 2.26.